The van der Waals surface area contributed by atoms with Gasteiger partial charge in [-0.2, -0.15) is 0 Å². The van der Waals surface area contributed by atoms with E-state index in [9.17, 15) is 4.79 Å². The summed E-state index contributed by atoms with van der Waals surface area (Å²) in [4.78, 5) is 12.3. The second kappa shape index (κ2) is 6.61. The van der Waals surface area contributed by atoms with Crippen LogP contribution in [0.5, 0.6) is 5.75 Å². The lowest BCUT2D eigenvalue weighted by Crippen LogP contribution is -2.34. The van der Waals surface area contributed by atoms with E-state index in [-0.39, 0.29) is 11.9 Å². The molecular formula is C15H16BrNO3. The minimum atomic E-state index is -0.133. The SMILES string of the molecule is COc1ccc(Br)c(C(=O)N[C@@H](C)Cc2ccoc2)c1. The highest BCUT2D eigenvalue weighted by Crippen LogP contribution is 2.22. The highest BCUT2D eigenvalue weighted by Gasteiger charge is 2.14. The molecule has 1 N–H and O–H groups in total. The molecule has 1 aromatic carbocycles. The van der Waals surface area contributed by atoms with E-state index >= 15 is 0 Å². The summed E-state index contributed by atoms with van der Waals surface area (Å²) in [5.41, 5.74) is 1.62. The third kappa shape index (κ3) is 3.63. The number of ether oxygens (including phenoxy) is 1. The van der Waals surface area contributed by atoms with Gasteiger partial charge in [0.2, 0.25) is 0 Å². The van der Waals surface area contributed by atoms with E-state index in [2.05, 4.69) is 21.2 Å². The zero-order valence-corrected chi connectivity index (χ0v) is 12.9. The van der Waals surface area contributed by atoms with Crippen LogP contribution < -0.4 is 10.1 Å². The molecule has 4 nitrogen and oxygen atoms in total. The molecular weight excluding hydrogens is 322 g/mol. The van der Waals surface area contributed by atoms with Crippen LogP contribution in [0.2, 0.25) is 0 Å². The van der Waals surface area contributed by atoms with Crippen molar-refractivity contribution in [1.82, 2.24) is 5.32 Å². The molecule has 0 aliphatic heterocycles. The monoisotopic (exact) mass is 337 g/mol. The maximum Gasteiger partial charge on any atom is 0.252 e. The van der Waals surface area contributed by atoms with E-state index < -0.39 is 0 Å². The van der Waals surface area contributed by atoms with Gasteiger partial charge < -0.3 is 14.5 Å². The van der Waals surface area contributed by atoms with E-state index in [4.69, 9.17) is 9.15 Å². The first-order valence-electron chi connectivity index (χ1n) is 6.25. The summed E-state index contributed by atoms with van der Waals surface area (Å²) in [5.74, 6) is 0.521. The van der Waals surface area contributed by atoms with Gasteiger partial charge in [-0.05, 0) is 59.1 Å². The summed E-state index contributed by atoms with van der Waals surface area (Å²) < 4.78 is 10.9. The maximum atomic E-state index is 12.3. The summed E-state index contributed by atoms with van der Waals surface area (Å²) in [6.07, 6.45) is 4.04. The average molecular weight is 338 g/mol. The van der Waals surface area contributed by atoms with E-state index in [0.717, 1.165) is 16.5 Å². The Hall–Kier alpha value is -1.75. The smallest absolute Gasteiger partial charge is 0.252 e. The highest BCUT2D eigenvalue weighted by molar-refractivity contribution is 9.10. The lowest BCUT2D eigenvalue weighted by molar-refractivity contribution is 0.0939. The Kier molecular flexibility index (Phi) is 4.84. The molecule has 0 unspecified atom stereocenters. The zero-order valence-electron chi connectivity index (χ0n) is 11.4. The molecule has 2 aromatic rings. The van der Waals surface area contributed by atoms with Gasteiger partial charge in [-0.3, -0.25) is 4.79 Å². The second-order valence-electron chi connectivity index (χ2n) is 4.56. The van der Waals surface area contributed by atoms with Crippen molar-refractivity contribution in [2.24, 2.45) is 0 Å². The first kappa shape index (κ1) is 14.7. The molecule has 1 atom stereocenters. The fraction of sp³-hybridized carbons (Fsp3) is 0.267. The minimum absolute atomic E-state index is 0.0122. The molecule has 1 heterocycles. The third-order valence-corrected chi connectivity index (χ3v) is 3.61. The van der Waals surface area contributed by atoms with E-state index in [1.807, 2.05) is 13.0 Å². The van der Waals surface area contributed by atoms with Gasteiger partial charge in [0.15, 0.2) is 0 Å². The average Bonchev–Trinajstić information content (AvgIpc) is 2.91. The first-order valence-corrected chi connectivity index (χ1v) is 7.05. The lowest BCUT2D eigenvalue weighted by atomic mass is 10.1. The quantitative estimate of drug-likeness (QED) is 0.909. The standard InChI is InChI=1S/C15H16BrNO3/c1-10(7-11-5-6-20-9-11)17-15(18)13-8-12(19-2)3-4-14(13)16/h3-6,8-10H,7H2,1-2H3,(H,17,18)/t10-/m0/s1. The molecule has 0 saturated carbocycles. The van der Waals surface area contributed by atoms with E-state index in [1.54, 1.807) is 37.8 Å². The Morgan fingerprint density at radius 2 is 2.25 bits per heavy atom. The summed E-state index contributed by atoms with van der Waals surface area (Å²) in [5, 5.41) is 2.96. The van der Waals surface area contributed by atoms with Gasteiger partial charge in [0.1, 0.15) is 5.75 Å². The number of benzene rings is 1. The Morgan fingerprint density at radius 3 is 2.90 bits per heavy atom. The van der Waals surface area contributed by atoms with Gasteiger partial charge in [-0.1, -0.05) is 0 Å². The summed E-state index contributed by atoms with van der Waals surface area (Å²) in [6.45, 7) is 1.96. The number of methoxy groups -OCH3 is 1. The summed E-state index contributed by atoms with van der Waals surface area (Å²) in [7, 11) is 1.58. The first-order chi connectivity index (χ1) is 9.60. The van der Waals surface area contributed by atoms with Gasteiger partial charge in [-0.15, -0.1) is 0 Å². The molecule has 0 radical (unpaired) electrons. The van der Waals surface area contributed by atoms with Gasteiger partial charge in [0, 0.05) is 10.5 Å². The van der Waals surface area contributed by atoms with Gasteiger partial charge >= 0.3 is 0 Å². The van der Waals surface area contributed by atoms with Crippen LogP contribution in [-0.4, -0.2) is 19.1 Å². The number of amides is 1. The van der Waals surface area contributed by atoms with Crippen molar-refractivity contribution in [3.05, 3.63) is 52.4 Å². The fourth-order valence-corrected chi connectivity index (χ4v) is 2.35. The lowest BCUT2D eigenvalue weighted by Gasteiger charge is -2.14. The Labute approximate surface area is 126 Å². The number of halogens is 1. The van der Waals surface area contributed by atoms with E-state index in [0.29, 0.717) is 11.3 Å². The van der Waals surface area contributed by atoms with Gasteiger partial charge in [0.05, 0.1) is 25.2 Å². The van der Waals surface area contributed by atoms with Gasteiger partial charge in [0.25, 0.3) is 5.91 Å². The van der Waals surface area contributed by atoms with Crippen molar-refractivity contribution in [3.63, 3.8) is 0 Å². The number of hydrogen-bond acceptors (Lipinski definition) is 3. The Bertz CT molecular complexity index is 581. The molecule has 0 fully saturated rings. The van der Waals surface area contributed by atoms with Crippen LogP contribution in [0.1, 0.15) is 22.8 Å². The predicted octanol–water partition coefficient (Wildman–Crippen LogP) is 3.41. The van der Waals surface area contributed by atoms with Crippen LogP contribution >= 0.6 is 15.9 Å². The molecule has 1 aromatic heterocycles. The topological polar surface area (TPSA) is 51.5 Å². The molecule has 5 heteroatoms. The molecule has 0 saturated heterocycles. The molecule has 106 valence electrons. The molecule has 0 aliphatic rings. The largest absolute Gasteiger partial charge is 0.497 e. The number of hydrogen-bond donors (Lipinski definition) is 1. The second-order valence-corrected chi connectivity index (χ2v) is 5.41. The number of rotatable bonds is 5. The molecule has 20 heavy (non-hydrogen) atoms. The molecule has 1 amide bonds. The molecule has 0 aliphatic carbocycles. The fourth-order valence-electron chi connectivity index (χ4n) is 1.92. The Balaban J connectivity index is 2.04. The number of carbonyl (C=O) groups is 1. The van der Waals surface area contributed by atoms with Crippen molar-refractivity contribution in [3.8, 4) is 5.75 Å². The number of furan rings is 1. The minimum Gasteiger partial charge on any atom is -0.497 e. The van der Waals surface area contributed by atoms with Crippen LogP contribution in [0.15, 0.2) is 45.7 Å². The number of nitrogens with one attached hydrogen (secondary N) is 1. The Morgan fingerprint density at radius 1 is 1.45 bits per heavy atom. The van der Waals surface area contributed by atoms with Crippen molar-refractivity contribution in [2.45, 2.75) is 19.4 Å². The van der Waals surface area contributed by atoms with Gasteiger partial charge in [-0.25, -0.2) is 0 Å². The summed E-state index contributed by atoms with van der Waals surface area (Å²) >= 11 is 3.38. The molecule has 2 rings (SSSR count). The van der Waals surface area contributed by atoms with Crippen LogP contribution in [0, 0.1) is 0 Å². The van der Waals surface area contributed by atoms with Crippen molar-refractivity contribution >= 4 is 21.8 Å². The van der Waals surface area contributed by atoms with Crippen LogP contribution in [0.25, 0.3) is 0 Å². The molecule has 0 bridgehead atoms. The van der Waals surface area contributed by atoms with E-state index in [1.165, 1.54) is 0 Å². The molecule has 0 spiro atoms. The van der Waals surface area contributed by atoms with Crippen molar-refractivity contribution in [2.75, 3.05) is 7.11 Å². The highest BCUT2D eigenvalue weighted by atomic mass is 79.9. The van der Waals surface area contributed by atoms with Crippen molar-refractivity contribution in [1.29, 1.82) is 0 Å². The maximum absolute atomic E-state index is 12.3. The zero-order chi connectivity index (χ0) is 14.5. The van der Waals surface area contributed by atoms with Crippen molar-refractivity contribution < 1.29 is 13.9 Å². The van der Waals surface area contributed by atoms with Crippen LogP contribution in [-0.2, 0) is 6.42 Å². The van der Waals surface area contributed by atoms with Crippen LogP contribution in [0.4, 0.5) is 0 Å². The predicted molar refractivity (Wildman–Crippen MR) is 80.0 cm³/mol. The summed E-state index contributed by atoms with van der Waals surface area (Å²) in [6, 6.07) is 7.22. The van der Waals surface area contributed by atoms with Crippen LogP contribution in [0.3, 0.4) is 0 Å². The third-order valence-electron chi connectivity index (χ3n) is 2.92. The normalized spacial score (nSPS) is 11.9. The number of carbonyl (C=O) groups excluding carboxylic acids is 1.